The predicted octanol–water partition coefficient (Wildman–Crippen LogP) is 3.58. The van der Waals surface area contributed by atoms with Crippen molar-refractivity contribution >= 4 is 27.6 Å². The number of fused-ring (bicyclic) bond motifs is 1. The van der Waals surface area contributed by atoms with Crippen LogP contribution in [-0.2, 0) is 23.1 Å². The van der Waals surface area contributed by atoms with Gasteiger partial charge < -0.3 is 9.67 Å². The minimum Gasteiger partial charge on any atom is -0.478 e. The molecule has 7 nitrogen and oxygen atoms in total. The Balaban J connectivity index is 1.78. The van der Waals surface area contributed by atoms with Gasteiger partial charge in [0.2, 0.25) is 10.0 Å². The summed E-state index contributed by atoms with van der Waals surface area (Å²) in [6.45, 7) is 0.317. The number of aromatic carboxylic acids is 1. The van der Waals surface area contributed by atoms with Crippen LogP contribution >= 0.6 is 11.6 Å². The lowest BCUT2D eigenvalue weighted by atomic mass is 10.1. The van der Waals surface area contributed by atoms with Gasteiger partial charge in [-0.25, -0.2) is 13.2 Å². The molecule has 1 N–H and O–H groups in total. The van der Waals surface area contributed by atoms with Gasteiger partial charge in [-0.05, 0) is 29.8 Å². The summed E-state index contributed by atoms with van der Waals surface area (Å²) >= 11 is 6.46. The fourth-order valence-corrected chi connectivity index (χ4v) is 5.45. The third-order valence-electron chi connectivity index (χ3n) is 5.09. The molecule has 2 heterocycles. The van der Waals surface area contributed by atoms with E-state index in [-0.39, 0.29) is 35.1 Å². The van der Waals surface area contributed by atoms with E-state index in [1.54, 1.807) is 4.57 Å². The van der Waals surface area contributed by atoms with Crippen LogP contribution in [-0.4, -0.2) is 34.9 Å². The minimum absolute atomic E-state index is 0.0489. The molecule has 0 saturated carbocycles. The van der Waals surface area contributed by atoms with Crippen molar-refractivity contribution in [2.24, 2.45) is 0 Å². The Labute approximate surface area is 178 Å². The van der Waals surface area contributed by atoms with Gasteiger partial charge in [-0.15, -0.1) is 0 Å². The number of nitriles is 1. The van der Waals surface area contributed by atoms with Gasteiger partial charge >= 0.3 is 5.97 Å². The highest BCUT2D eigenvalue weighted by Crippen LogP contribution is 2.38. The highest BCUT2D eigenvalue weighted by molar-refractivity contribution is 7.89. The van der Waals surface area contributed by atoms with Crippen LogP contribution in [0.4, 0.5) is 0 Å². The van der Waals surface area contributed by atoms with Crippen LogP contribution in [0.3, 0.4) is 0 Å². The van der Waals surface area contributed by atoms with E-state index in [1.807, 2.05) is 36.4 Å². The molecule has 0 unspecified atom stereocenters. The van der Waals surface area contributed by atoms with Gasteiger partial charge in [0, 0.05) is 18.8 Å². The number of hydrogen-bond acceptors (Lipinski definition) is 4. The predicted molar refractivity (Wildman–Crippen MR) is 111 cm³/mol. The molecule has 0 radical (unpaired) electrons. The van der Waals surface area contributed by atoms with E-state index < -0.39 is 16.0 Å². The zero-order valence-corrected chi connectivity index (χ0v) is 17.2. The van der Waals surface area contributed by atoms with E-state index in [4.69, 9.17) is 16.9 Å². The summed E-state index contributed by atoms with van der Waals surface area (Å²) in [7, 11) is -3.87. The number of benzene rings is 2. The first-order valence-electron chi connectivity index (χ1n) is 9.04. The van der Waals surface area contributed by atoms with Crippen LogP contribution in [0.15, 0.2) is 59.5 Å². The van der Waals surface area contributed by atoms with Crippen molar-refractivity contribution in [1.29, 1.82) is 5.26 Å². The summed E-state index contributed by atoms with van der Waals surface area (Å²) in [6, 6.07) is 16.8. The third kappa shape index (κ3) is 3.27. The number of carbonyl (C=O) groups is 1. The molecule has 1 aliphatic heterocycles. The van der Waals surface area contributed by atoms with Crippen LogP contribution in [0.2, 0.25) is 5.02 Å². The Kier molecular flexibility index (Phi) is 5.12. The van der Waals surface area contributed by atoms with E-state index in [2.05, 4.69) is 0 Å². The SMILES string of the molecule is N#Cc1ccc(S(=O)(=O)N2CCn3c(c(C(=O)O)c(Cl)c3-c3ccccc3)C2)cc1. The van der Waals surface area contributed by atoms with Crippen molar-refractivity contribution < 1.29 is 18.3 Å². The molecule has 3 aromatic rings. The van der Waals surface area contributed by atoms with Crippen molar-refractivity contribution in [1.82, 2.24) is 8.87 Å². The maximum atomic E-state index is 13.1. The highest BCUT2D eigenvalue weighted by Gasteiger charge is 2.35. The van der Waals surface area contributed by atoms with E-state index in [9.17, 15) is 18.3 Å². The van der Waals surface area contributed by atoms with Gasteiger partial charge in [0.15, 0.2) is 0 Å². The van der Waals surface area contributed by atoms with Crippen molar-refractivity contribution in [2.45, 2.75) is 18.0 Å². The van der Waals surface area contributed by atoms with E-state index in [1.165, 1.54) is 28.6 Å². The van der Waals surface area contributed by atoms with Gasteiger partial charge in [-0.3, -0.25) is 0 Å². The van der Waals surface area contributed by atoms with Crippen LogP contribution in [0.25, 0.3) is 11.3 Å². The van der Waals surface area contributed by atoms with Crippen molar-refractivity contribution in [3.63, 3.8) is 0 Å². The maximum absolute atomic E-state index is 13.1. The molecular weight excluding hydrogens is 426 g/mol. The molecule has 30 heavy (non-hydrogen) atoms. The molecule has 0 amide bonds. The molecular formula is C21H16ClN3O4S. The number of nitrogens with zero attached hydrogens (tertiary/aromatic N) is 3. The van der Waals surface area contributed by atoms with Crippen molar-refractivity contribution in [3.05, 3.63) is 76.4 Å². The molecule has 0 fully saturated rings. The molecule has 1 aromatic heterocycles. The fourth-order valence-electron chi connectivity index (χ4n) is 3.65. The lowest BCUT2D eigenvalue weighted by molar-refractivity contribution is 0.0694. The van der Waals surface area contributed by atoms with E-state index >= 15 is 0 Å². The Morgan fingerprint density at radius 3 is 2.33 bits per heavy atom. The monoisotopic (exact) mass is 441 g/mol. The molecule has 0 atom stereocenters. The number of carboxylic acids is 1. The first-order valence-corrected chi connectivity index (χ1v) is 10.9. The van der Waals surface area contributed by atoms with Crippen LogP contribution < -0.4 is 0 Å². The quantitative estimate of drug-likeness (QED) is 0.666. The van der Waals surface area contributed by atoms with Gasteiger partial charge in [-0.1, -0.05) is 41.9 Å². The summed E-state index contributed by atoms with van der Waals surface area (Å²) in [5.41, 5.74) is 1.94. The summed E-state index contributed by atoms with van der Waals surface area (Å²) in [5, 5.41) is 18.8. The number of sulfonamides is 1. The van der Waals surface area contributed by atoms with E-state index in [0.29, 0.717) is 17.0 Å². The van der Waals surface area contributed by atoms with Gasteiger partial charge in [-0.2, -0.15) is 9.57 Å². The largest absolute Gasteiger partial charge is 0.478 e. The average molecular weight is 442 g/mol. The Morgan fingerprint density at radius 1 is 1.07 bits per heavy atom. The average Bonchev–Trinajstić information content (AvgIpc) is 3.05. The summed E-state index contributed by atoms with van der Waals surface area (Å²) < 4.78 is 29.2. The molecule has 4 rings (SSSR count). The molecule has 0 bridgehead atoms. The van der Waals surface area contributed by atoms with Crippen LogP contribution in [0, 0.1) is 11.3 Å². The number of rotatable bonds is 4. The second kappa shape index (κ2) is 7.61. The molecule has 0 aliphatic carbocycles. The third-order valence-corrected chi connectivity index (χ3v) is 7.32. The summed E-state index contributed by atoms with van der Waals surface area (Å²) in [4.78, 5) is 12.0. The number of hydrogen-bond donors (Lipinski definition) is 1. The van der Waals surface area contributed by atoms with Crippen LogP contribution in [0.5, 0.6) is 0 Å². The minimum atomic E-state index is -3.87. The van der Waals surface area contributed by atoms with Crippen LogP contribution in [0.1, 0.15) is 21.6 Å². The van der Waals surface area contributed by atoms with Gasteiger partial charge in [0.05, 0.1) is 33.8 Å². The first-order chi connectivity index (χ1) is 14.3. The Morgan fingerprint density at radius 2 is 1.73 bits per heavy atom. The lowest BCUT2D eigenvalue weighted by Gasteiger charge is -2.29. The number of halogens is 1. The molecule has 152 valence electrons. The smallest absolute Gasteiger partial charge is 0.339 e. The standard InChI is InChI=1S/C21H16ClN3O4S/c22-19-18(21(26)27)17-13-24(30(28,29)16-8-6-14(12-23)7-9-16)10-11-25(17)20(19)15-4-2-1-3-5-15/h1-9H,10-11,13H2,(H,26,27). The van der Waals surface area contributed by atoms with Gasteiger partial charge in [0.1, 0.15) is 5.56 Å². The first kappa shape index (κ1) is 20.2. The van der Waals surface area contributed by atoms with Gasteiger partial charge in [0.25, 0.3) is 0 Å². The fraction of sp³-hybridized carbons (Fsp3) is 0.143. The Bertz CT molecular complexity index is 1280. The second-order valence-electron chi connectivity index (χ2n) is 6.78. The van der Waals surface area contributed by atoms with Crippen molar-refractivity contribution in [3.8, 4) is 17.3 Å². The molecule has 9 heteroatoms. The molecule has 1 aliphatic rings. The second-order valence-corrected chi connectivity index (χ2v) is 9.10. The van der Waals surface area contributed by atoms with E-state index in [0.717, 1.165) is 5.56 Å². The number of carboxylic acid groups (broad SMARTS) is 1. The summed E-state index contributed by atoms with van der Waals surface area (Å²) in [5.74, 6) is -1.21. The van der Waals surface area contributed by atoms with Crippen molar-refractivity contribution in [2.75, 3.05) is 6.54 Å². The lowest BCUT2D eigenvalue weighted by Crippen LogP contribution is -2.38. The Hall–Kier alpha value is -3.12. The number of aromatic nitrogens is 1. The highest BCUT2D eigenvalue weighted by atomic mass is 35.5. The molecule has 0 saturated heterocycles. The zero-order valence-electron chi connectivity index (χ0n) is 15.6. The topological polar surface area (TPSA) is 103 Å². The zero-order chi connectivity index (χ0) is 21.5. The maximum Gasteiger partial charge on any atom is 0.339 e. The summed E-state index contributed by atoms with van der Waals surface area (Å²) in [6.07, 6.45) is 0. The normalized spacial score (nSPS) is 14.1. The molecule has 0 spiro atoms. The molecule has 2 aromatic carbocycles.